The molecule has 4 unspecified atom stereocenters. The lowest BCUT2D eigenvalue weighted by Crippen LogP contribution is -2.55. The Morgan fingerprint density at radius 1 is 1.40 bits per heavy atom. The van der Waals surface area contributed by atoms with Gasteiger partial charge in [0.15, 0.2) is 5.82 Å². The molecule has 1 fully saturated rings. The van der Waals surface area contributed by atoms with Gasteiger partial charge in [-0.15, -0.1) is 0 Å². The van der Waals surface area contributed by atoms with E-state index < -0.39 is 42.0 Å². The summed E-state index contributed by atoms with van der Waals surface area (Å²) in [5.74, 6) is -2.15. The van der Waals surface area contributed by atoms with Crippen LogP contribution in [0.2, 0.25) is 0 Å². The number of nitrogens with zero attached hydrogens (tertiary/aromatic N) is 4. The molecule has 0 radical (unpaired) electrons. The number of carbonyl (C=O) groups is 2. The number of halogens is 2. The summed E-state index contributed by atoms with van der Waals surface area (Å²) in [4.78, 5) is 24.3. The fourth-order valence-corrected chi connectivity index (χ4v) is 3.74. The summed E-state index contributed by atoms with van der Waals surface area (Å²) >= 11 is 0. The van der Waals surface area contributed by atoms with Gasteiger partial charge in [0, 0.05) is 18.4 Å². The number of carbonyl (C=O) groups excluding carboxylic acids is 1. The summed E-state index contributed by atoms with van der Waals surface area (Å²) in [5, 5.41) is 26.2. The monoisotopic (exact) mass is 418 g/mol. The smallest absolute Gasteiger partial charge is 0.407 e. The number of hydrogen-bond donors (Lipinski definition) is 3. The number of alkyl halides is 1. The van der Waals surface area contributed by atoms with Crippen LogP contribution in [0.1, 0.15) is 29.7 Å². The van der Waals surface area contributed by atoms with Gasteiger partial charge in [0.25, 0.3) is 5.91 Å². The van der Waals surface area contributed by atoms with Gasteiger partial charge in [-0.3, -0.25) is 9.48 Å². The molecule has 11 heteroatoms. The number of rotatable bonds is 5. The molecular formula is C19H20F2N6O3. The molecule has 0 saturated carbocycles. The van der Waals surface area contributed by atoms with Crippen LogP contribution in [0, 0.1) is 23.1 Å². The number of amides is 2. The van der Waals surface area contributed by atoms with E-state index in [0.717, 1.165) is 4.90 Å². The fraction of sp³-hybridized carbons (Fsp3) is 0.368. The van der Waals surface area contributed by atoms with Crippen molar-refractivity contribution in [1.29, 1.82) is 5.26 Å². The zero-order valence-corrected chi connectivity index (χ0v) is 16.0. The average molecular weight is 418 g/mol. The van der Waals surface area contributed by atoms with Crippen molar-refractivity contribution in [3.8, 4) is 6.07 Å². The van der Waals surface area contributed by atoms with E-state index in [-0.39, 0.29) is 24.3 Å². The molecule has 9 nitrogen and oxygen atoms in total. The number of aromatic nitrogens is 2. The van der Waals surface area contributed by atoms with Gasteiger partial charge in [-0.1, -0.05) is 0 Å². The standard InChI is InChI=1S/C19H20F2N6O3/c1-10(20)16-13(8-22)15(6-7-26(16)19(29)30)27-9-14(17(23)28)18(25-27)24-12-4-2-11(21)3-5-12/h2-5,9-10,13,15-16H,6-7H2,1H3,(H2,23,28)(H,24,25)(H,29,30). The number of nitriles is 1. The minimum atomic E-state index is -1.59. The number of nitrogens with one attached hydrogen (secondary N) is 1. The zero-order chi connectivity index (χ0) is 22.0. The molecule has 1 aromatic carbocycles. The molecule has 1 aromatic heterocycles. The van der Waals surface area contributed by atoms with E-state index in [0.29, 0.717) is 5.69 Å². The number of benzene rings is 1. The van der Waals surface area contributed by atoms with Crippen molar-refractivity contribution in [2.75, 3.05) is 11.9 Å². The third-order valence-electron chi connectivity index (χ3n) is 5.12. The van der Waals surface area contributed by atoms with Crippen LogP contribution in [0.5, 0.6) is 0 Å². The number of nitrogens with two attached hydrogens (primary N) is 1. The summed E-state index contributed by atoms with van der Waals surface area (Å²) in [6.45, 7) is 1.20. The normalized spacial score (nSPS) is 22.2. The molecule has 0 bridgehead atoms. The number of carboxylic acid groups (broad SMARTS) is 1. The minimum Gasteiger partial charge on any atom is -0.465 e. The third-order valence-corrected chi connectivity index (χ3v) is 5.12. The first kappa shape index (κ1) is 21.0. The van der Waals surface area contributed by atoms with E-state index in [4.69, 9.17) is 5.73 Å². The third kappa shape index (κ3) is 4.03. The molecule has 2 heterocycles. The number of piperidine rings is 1. The molecule has 4 atom stereocenters. The van der Waals surface area contributed by atoms with Gasteiger partial charge < -0.3 is 21.1 Å². The van der Waals surface area contributed by atoms with Gasteiger partial charge in [0.2, 0.25) is 0 Å². The highest BCUT2D eigenvalue weighted by Gasteiger charge is 2.45. The van der Waals surface area contributed by atoms with E-state index in [1.54, 1.807) is 0 Å². The zero-order valence-electron chi connectivity index (χ0n) is 16.0. The van der Waals surface area contributed by atoms with Crippen molar-refractivity contribution in [3.05, 3.63) is 41.8 Å². The van der Waals surface area contributed by atoms with Crippen LogP contribution in [-0.4, -0.2) is 50.5 Å². The second-order valence-electron chi connectivity index (χ2n) is 7.02. The molecular weight excluding hydrogens is 398 g/mol. The SMILES string of the molecule is CC(F)C1C(C#N)C(n2cc(C(N)=O)c(Nc3ccc(F)cc3)n2)CCN1C(=O)O. The van der Waals surface area contributed by atoms with Crippen LogP contribution in [-0.2, 0) is 0 Å². The van der Waals surface area contributed by atoms with E-state index in [1.165, 1.54) is 42.1 Å². The highest BCUT2D eigenvalue weighted by atomic mass is 19.1. The summed E-state index contributed by atoms with van der Waals surface area (Å²) in [6.07, 6.45) is -1.35. The Morgan fingerprint density at radius 2 is 2.07 bits per heavy atom. The lowest BCUT2D eigenvalue weighted by atomic mass is 9.83. The largest absolute Gasteiger partial charge is 0.465 e. The molecule has 0 aliphatic carbocycles. The maximum absolute atomic E-state index is 14.3. The maximum Gasteiger partial charge on any atom is 0.407 e. The van der Waals surface area contributed by atoms with Crippen molar-refractivity contribution >= 4 is 23.5 Å². The van der Waals surface area contributed by atoms with E-state index in [2.05, 4.69) is 10.4 Å². The van der Waals surface area contributed by atoms with Gasteiger partial charge in [0.1, 0.15) is 17.6 Å². The Balaban J connectivity index is 1.96. The van der Waals surface area contributed by atoms with Crippen LogP contribution in [0.25, 0.3) is 0 Å². The molecule has 2 aromatic rings. The van der Waals surface area contributed by atoms with Gasteiger partial charge in [-0.25, -0.2) is 13.6 Å². The van der Waals surface area contributed by atoms with Crippen LogP contribution in [0.3, 0.4) is 0 Å². The Hall–Kier alpha value is -3.68. The molecule has 1 saturated heterocycles. The molecule has 158 valence electrons. The first-order chi connectivity index (χ1) is 14.2. The Morgan fingerprint density at radius 3 is 2.60 bits per heavy atom. The number of primary amides is 1. The average Bonchev–Trinajstić information content (AvgIpc) is 3.12. The summed E-state index contributed by atoms with van der Waals surface area (Å²) in [7, 11) is 0. The predicted molar refractivity (Wildman–Crippen MR) is 102 cm³/mol. The lowest BCUT2D eigenvalue weighted by molar-refractivity contribution is 0.0315. The quantitative estimate of drug-likeness (QED) is 0.683. The van der Waals surface area contributed by atoms with Crippen molar-refractivity contribution < 1.29 is 23.5 Å². The maximum atomic E-state index is 14.3. The van der Waals surface area contributed by atoms with Crippen LogP contribution < -0.4 is 11.1 Å². The second kappa shape index (κ2) is 8.36. The van der Waals surface area contributed by atoms with Crippen LogP contribution in [0.4, 0.5) is 25.1 Å². The topological polar surface area (TPSA) is 137 Å². The fourth-order valence-electron chi connectivity index (χ4n) is 3.74. The van der Waals surface area contributed by atoms with Gasteiger partial charge in [-0.05, 0) is 37.6 Å². The van der Waals surface area contributed by atoms with E-state index >= 15 is 0 Å². The molecule has 0 spiro atoms. The van der Waals surface area contributed by atoms with Crippen molar-refractivity contribution in [1.82, 2.24) is 14.7 Å². The lowest BCUT2D eigenvalue weighted by Gasteiger charge is -2.41. The molecule has 3 rings (SSSR count). The second-order valence-corrected chi connectivity index (χ2v) is 7.02. The number of hydrogen-bond acceptors (Lipinski definition) is 5. The van der Waals surface area contributed by atoms with E-state index in [1.807, 2.05) is 6.07 Å². The highest BCUT2D eigenvalue weighted by Crippen LogP contribution is 2.36. The molecule has 30 heavy (non-hydrogen) atoms. The van der Waals surface area contributed by atoms with Crippen molar-refractivity contribution in [3.63, 3.8) is 0 Å². The van der Waals surface area contributed by atoms with Crippen molar-refractivity contribution in [2.24, 2.45) is 11.7 Å². The molecule has 2 amide bonds. The molecule has 4 N–H and O–H groups in total. The van der Waals surface area contributed by atoms with Gasteiger partial charge >= 0.3 is 6.09 Å². The van der Waals surface area contributed by atoms with Gasteiger partial charge in [0.05, 0.1) is 24.1 Å². The Labute approximate surface area is 170 Å². The number of likely N-dealkylation sites (tertiary alicyclic amines) is 1. The summed E-state index contributed by atoms with van der Waals surface area (Å²) in [6, 6.07) is 5.50. The highest BCUT2D eigenvalue weighted by molar-refractivity contribution is 5.98. The van der Waals surface area contributed by atoms with Crippen LogP contribution in [0.15, 0.2) is 30.5 Å². The molecule has 1 aliphatic heterocycles. The Bertz CT molecular complexity index is 985. The van der Waals surface area contributed by atoms with E-state index in [9.17, 15) is 28.7 Å². The van der Waals surface area contributed by atoms with Gasteiger partial charge in [-0.2, -0.15) is 10.4 Å². The predicted octanol–water partition coefficient (Wildman–Crippen LogP) is 2.66. The van der Waals surface area contributed by atoms with Crippen LogP contribution >= 0.6 is 0 Å². The summed E-state index contributed by atoms with van der Waals surface area (Å²) in [5.41, 5.74) is 5.92. The number of anilines is 2. The minimum absolute atomic E-state index is 0.00357. The Kier molecular flexibility index (Phi) is 5.86. The summed E-state index contributed by atoms with van der Waals surface area (Å²) < 4.78 is 28.7. The van der Waals surface area contributed by atoms with Crippen molar-refractivity contribution in [2.45, 2.75) is 31.6 Å². The first-order valence-electron chi connectivity index (χ1n) is 9.17. The first-order valence-corrected chi connectivity index (χ1v) is 9.17. The molecule has 1 aliphatic rings.